The molecule has 0 radical (unpaired) electrons. The number of piperidine rings is 1. The molecule has 0 aromatic rings. The molecule has 1 aliphatic heterocycles. The number of nitrogens with two attached hydrogens (primary N) is 1. The minimum atomic E-state index is -2.78. The molecule has 0 saturated carbocycles. The number of hydrogen-bond acceptors (Lipinski definition) is 2. The average Bonchev–Trinajstić information content (AvgIpc) is 1.95. The molecule has 6 heteroatoms. The molecule has 3 N–H and O–H groups in total. The summed E-state index contributed by atoms with van der Waals surface area (Å²) in [7, 11) is 0. The first-order valence-electron chi connectivity index (χ1n) is 3.43. The van der Waals surface area contributed by atoms with Gasteiger partial charge in [0.05, 0.1) is 0 Å². The molecule has 1 atom stereocenters. The van der Waals surface area contributed by atoms with Crippen molar-refractivity contribution in [2.75, 3.05) is 6.54 Å². The summed E-state index contributed by atoms with van der Waals surface area (Å²) in [6, 6.07) is 0. The van der Waals surface area contributed by atoms with Gasteiger partial charge in [0.1, 0.15) is 0 Å². The van der Waals surface area contributed by atoms with Crippen molar-refractivity contribution in [2.45, 2.75) is 24.8 Å². The lowest BCUT2D eigenvalue weighted by atomic mass is 9.91. The van der Waals surface area contributed by atoms with Crippen molar-refractivity contribution in [1.82, 2.24) is 5.32 Å². The molecule has 1 unspecified atom stereocenters. The number of alkyl halides is 2. The van der Waals surface area contributed by atoms with Gasteiger partial charge in [-0.3, -0.25) is 4.79 Å². The third-order valence-corrected chi connectivity index (χ3v) is 1.86. The van der Waals surface area contributed by atoms with Crippen molar-refractivity contribution in [3.8, 4) is 0 Å². The maximum absolute atomic E-state index is 12.2. The van der Waals surface area contributed by atoms with E-state index in [0.717, 1.165) is 0 Å². The number of amides is 1. The number of carbonyl (C=O) groups excluding carboxylic acids is 1. The summed E-state index contributed by atoms with van der Waals surface area (Å²) in [5, 5.41) is 2.31. The monoisotopic (exact) mass is 200 g/mol. The molecule has 3 nitrogen and oxygen atoms in total. The summed E-state index contributed by atoms with van der Waals surface area (Å²) >= 11 is 0. The number of halogens is 3. The summed E-state index contributed by atoms with van der Waals surface area (Å²) < 4.78 is 24.3. The molecule has 0 aliphatic carbocycles. The predicted octanol–water partition coefficient (Wildman–Crippen LogP) is 0.281. The number of nitrogens with one attached hydrogen (secondary N) is 1. The van der Waals surface area contributed by atoms with E-state index in [2.05, 4.69) is 5.32 Å². The zero-order valence-electron chi connectivity index (χ0n) is 6.35. The fourth-order valence-electron chi connectivity index (χ4n) is 1.07. The second-order valence-electron chi connectivity index (χ2n) is 2.70. The first kappa shape index (κ1) is 11.6. The molecule has 12 heavy (non-hydrogen) atoms. The Labute approximate surface area is 75.1 Å². The minimum Gasteiger partial charge on any atom is -0.354 e. The highest BCUT2D eigenvalue weighted by atomic mass is 35.5. The van der Waals surface area contributed by atoms with Crippen LogP contribution in [0.5, 0.6) is 0 Å². The summed E-state index contributed by atoms with van der Waals surface area (Å²) in [5.74, 6) is -0.737. The van der Waals surface area contributed by atoms with Crippen molar-refractivity contribution in [2.24, 2.45) is 5.73 Å². The van der Waals surface area contributed by atoms with Gasteiger partial charge < -0.3 is 11.1 Å². The van der Waals surface area contributed by atoms with Gasteiger partial charge in [-0.05, 0) is 12.8 Å². The Hall–Kier alpha value is -0.420. The molecule has 1 amide bonds. The van der Waals surface area contributed by atoms with Crippen molar-refractivity contribution in [3.63, 3.8) is 0 Å². The molecule has 0 spiro atoms. The summed E-state index contributed by atoms with van der Waals surface area (Å²) in [6.07, 6.45) is -2.19. The van der Waals surface area contributed by atoms with E-state index in [4.69, 9.17) is 5.73 Å². The third-order valence-electron chi connectivity index (χ3n) is 1.86. The SMILES string of the molecule is Cl.NC1(C(F)F)CCCNC1=O. The van der Waals surface area contributed by atoms with Crippen LogP contribution in [0.1, 0.15) is 12.8 Å². The highest BCUT2D eigenvalue weighted by Crippen LogP contribution is 2.21. The highest BCUT2D eigenvalue weighted by Gasteiger charge is 2.44. The van der Waals surface area contributed by atoms with Crippen molar-refractivity contribution < 1.29 is 13.6 Å². The van der Waals surface area contributed by atoms with Gasteiger partial charge >= 0.3 is 0 Å². The van der Waals surface area contributed by atoms with E-state index in [1.807, 2.05) is 0 Å². The quantitative estimate of drug-likeness (QED) is 0.639. The van der Waals surface area contributed by atoms with Crippen LogP contribution in [0, 0.1) is 0 Å². The van der Waals surface area contributed by atoms with E-state index < -0.39 is 17.9 Å². The average molecular weight is 201 g/mol. The Balaban J connectivity index is 0.00000121. The van der Waals surface area contributed by atoms with Gasteiger partial charge in [0.2, 0.25) is 5.91 Å². The minimum absolute atomic E-state index is 0. The fraction of sp³-hybridized carbons (Fsp3) is 0.833. The first-order chi connectivity index (χ1) is 5.07. The normalized spacial score (nSPS) is 29.5. The smallest absolute Gasteiger partial charge is 0.265 e. The van der Waals surface area contributed by atoms with Gasteiger partial charge in [-0.15, -0.1) is 12.4 Å². The Kier molecular flexibility index (Phi) is 3.86. The van der Waals surface area contributed by atoms with Crippen LogP contribution in [-0.4, -0.2) is 24.4 Å². The molecule has 0 bridgehead atoms. The Morgan fingerprint density at radius 1 is 1.58 bits per heavy atom. The molecule has 0 aromatic heterocycles. The lowest BCUT2D eigenvalue weighted by Gasteiger charge is -2.30. The summed E-state index contributed by atoms with van der Waals surface area (Å²) in [6.45, 7) is 0.449. The van der Waals surface area contributed by atoms with E-state index in [9.17, 15) is 13.6 Å². The molecular weight excluding hydrogens is 190 g/mol. The van der Waals surface area contributed by atoms with Crippen LogP contribution in [0.4, 0.5) is 8.78 Å². The van der Waals surface area contributed by atoms with Gasteiger partial charge in [0.25, 0.3) is 6.43 Å². The highest BCUT2D eigenvalue weighted by molar-refractivity contribution is 5.87. The van der Waals surface area contributed by atoms with E-state index >= 15 is 0 Å². The Morgan fingerprint density at radius 2 is 2.17 bits per heavy atom. The van der Waals surface area contributed by atoms with Crippen LogP contribution in [0.15, 0.2) is 0 Å². The van der Waals surface area contributed by atoms with Gasteiger partial charge in [-0.25, -0.2) is 8.78 Å². The molecule has 1 rings (SSSR count). The van der Waals surface area contributed by atoms with E-state index in [1.54, 1.807) is 0 Å². The maximum atomic E-state index is 12.2. The molecule has 0 aromatic carbocycles. The Morgan fingerprint density at radius 3 is 2.50 bits per heavy atom. The molecule has 1 fully saturated rings. The standard InChI is InChI=1S/C6H10F2N2O.ClH/c7-4(8)6(9)2-1-3-10-5(6)11;/h4H,1-3,9H2,(H,10,11);1H. The predicted molar refractivity (Wildman–Crippen MR) is 42.4 cm³/mol. The zero-order valence-corrected chi connectivity index (χ0v) is 7.16. The second kappa shape index (κ2) is 4.00. The van der Waals surface area contributed by atoms with Gasteiger partial charge in [-0.2, -0.15) is 0 Å². The zero-order chi connectivity index (χ0) is 8.48. The lowest BCUT2D eigenvalue weighted by Crippen LogP contribution is -2.61. The first-order valence-corrected chi connectivity index (χ1v) is 3.43. The van der Waals surface area contributed by atoms with Gasteiger partial charge in [0.15, 0.2) is 5.54 Å². The second-order valence-corrected chi connectivity index (χ2v) is 2.70. The van der Waals surface area contributed by atoms with Crippen LogP contribution < -0.4 is 11.1 Å². The summed E-state index contributed by atoms with van der Waals surface area (Å²) in [5.41, 5.74) is 3.24. The van der Waals surface area contributed by atoms with Gasteiger partial charge in [-0.1, -0.05) is 0 Å². The van der Waals surface area contributed by atoms with Crippen molar-refractivity contribution >= 4 is 18.3 Å². The molecule has 72 valence electrons. The van der Waals surface area contributed by atoms with Crippen LogP contribution in [-0.2, 0) is 4.79 Å². The van der Waals surface area contributed by atoms with Gasteiger partial charge in [0, 0.05) is 6.54 Å². The molecular formula is C6H11ClF2N2O. The largest absolute Gasteiger partial charge is 0.354 e. The maximum Gasteiger partial charge on any atom is 0.265 e. The lowest BCUT2D eigenvalue weighted by molar-refractivity contribution is -0.134. The van der Waals surface area contributed by atoms with Crippen LogP contribution in [0.3, 0.4) is 0 Å². The van der Waals surface area contributed by atoms with E-state index in [0.29, 0.717) is 13.0 Å². The van der Waals surface area contributed by atoms with Crippen LogP contribution in [0.2, 0.25) is 0 Å². The molecule has 1 saturated heterocycles. The number of rotatable bonds is 1. The molecule has 1 aliphatic rings. The number of hydrogen-bond donors (Lipinski definition) is 2. The summed E-state index contributed by atoms with van der Waals surface area (Å²) in [4.78, 5) is 10.8. The van der Waals surface area contributed by atoms with E-state index in [-0.39, 0.29) is 18.8 Å². The fourth-order valence-corrected chi connectivity index (χ4v) is 1.07. The molecule has 1 heterocycles. The third kappa shape index (κ3) is 1.84. The number of carbonyl (C=O) groups is 1. The van der Waals surface area contributed by atoms with E-state index in [1.165, 1.54) is 0 Å². The van der Waals surface area contributed by atoms with Crippen LogP contribution in [0.25, 0.3) is 0 Å². The van der Waals surface area contributed by atoms with Crippen molar-refractivity contribution in [1.29, 1.82) is 0 Å². The van der Waals surface area contributed by atoms with Crippen LogP contribution >= 0.6 is 12.4 Å². The Bertz CT molecular complexity index is 179. The topological polar surface area (TPSA) is 55.1 Å². The van der Waals surface area contributed by atoms with Crippen molar-refractivity contribution in [3.05, 3.63) is 0 Å².